The summed E-state index contributed by atoms with van der Waals surface area (Å²) in [5.74, 6) is 0.538. The van der Waals surface area contributed by atoms with Crippen LogP contribution in [-0.2, 0) is 6.54 Å². The van der Waals surface area contributed by atoms with Crippen LogP contribution in [0, 0.1) is 0 Å². The number of rotatable bonds is 0. The molecule has 0 atom stereocenters. The zero-order chi connectivity index (χ0) is 9.97. The molecular formula is C9H10N2O3. The molecule has 74 valence electrons. The van der Waals surface area contributed by atoms with Gasteiger partial charge >= 0.3 is 6.09 Å². The van der Waals surface area contributed by atoms with Crippen molar-refractivity contribution in [3.63, 3.8) is 0 Å². The summed E-state index contributed by atoms with van der Waals surface area (Å²) >= 11 is 0. The zero-order valence-electron chi connectivity index (χ0n) is 7.51. The molecule has 1 aliphatic heterocycles. The zero-order valence-corrected chi connectivity index (χ0v) is 7.51. The van der Waals surface area contributed by atoms with Crippen LogP contribution in [0.15, 0.2) is 18.3 Å². The molecule has 5 nitrogen and oxygen atoms in total. The standard InChI is InChI=1S/C9H10N2O3/c12-9(13)11-4-5-14-8-7(6-11)2-1-3-10-8/h1-3H,4-6H2,(H,12,13). The minimum absolute atomic E-state index is 0.346. The number of carboxylic acid groups (broad SMARTS) is 1. The van der Waals surface area contributed by atoms with Crippen molar-refractivity contribution in [2.24, 2.45) is 0 Å². The fourth-order valence-electron chi connectivity index (χ4n) is 1.37. The van der Waals surface area contributed by atoms with E-state index in [1.165, 1.54) is 4.90 Å². The Morgan fingerprint density at radius 2 is 2.50 bits per heavy atom. The molecule has 1 N–H and O–H groups in total. The van der Waals surface area contributed by atoms with E-state index in [0.717, 1.165) is 5.56 Å². The van der Waals surface area contributed by atoms with Crippen molar-refractivity contribution in [3.05, 3.63) is 23.9 Å². The number of fused-ring (bicyclic) bond motifs is 1. The minimum Gasteiger partial charge on any atom is -0.476 e. The summed E-state index contributed by atoms with van der Waals surface area (Å²) < 4.78 is 5.31. The van der Waals surface area contributed by atoms with Crippen LogP contribution >= 0.6 is 0 Å². The number of nitrogens with zero attached hydrogens (tertiary/aromatic N) is 2. The molecule has 0 aliphatic carbocycles. The largest absolute Gasteiger partial charge is 0.476 e. The summed E-state index contributed by atoms with van der Waals surface area (Å²) in [4.78, 5) is 16.1. The molecule has 5 heteroatoms. The predicted molar refractivity (Wildman–Crippen MR) is 48.2 cm³/mol. The normalized spacial score (nSPS) is 15.3. The Kier molecular flexibility index (Phi) is 2.22. The first-order chi connectivity index (χ1) is 6.77. The maximum atomic E-state index is 10.8. The molecule has 0 aromatic carbocycles. The number of ether oxygens (including phenoxy) is 1. The van der Waals surface area contributed by atoms with Crippen molar-refractivity contribution in [3.8, 4) is 5.88 Å². The van der Waals surface area contributed by atoms with Gasteiger partial charge in [-0.25, -0.2) is 9.78 Å². The van der Waals surface area contributed by atoms with Gasteiger partial charge in [-0.15, -0.1) is 0 Å². The quantitative estimate of drug-likeness (QED) is 0.668. The molecule has 0 unspecified atom stereocenters. The number of amides is 1. The van der Waals surface area contributed by atoms with Gasteiger partial charge < -0.3 is 14.7 Å². The molecule has 14 heavy (non-hydrogen) atoms. The third kappa shape index (κ3) is 1.61. The molecule has 0 radical (unpaired) electrons. The maximum absolute atomic E-state index is 10.8. The van der Waals surface area contributed by atoms with E-state index in [1.807, 2.05) is 6.07 Å². The number of hydrogen-bond acceptors (Lipinski definition) is 3. The summed E-state index contributed by atoms with van der Waals surface area (Å²) in [6.07, 6.45) is 0.709. The highest BCUT2D eigenvalue weighted by Gasteiger charge is 2.18. The second-order valence-corrected chi connectivity index (χ2v) is 3.02. The lowest BCUT2D eigenvalue weighted by Crippen LogP contribution is -2.30. The summed E-state index contributed by atoms with van der Waals surface area (Å²) in [6, 6.07) is 3.59. The van der Waals surface area contributed by atoms with Crippen LogP contribution in [0.5, 0.6) is 5.88 Å². The van der Waals surface area contributed by atoms with E-state index in [-0.39, 0.29) is 0 Å². The fourth-order valence-corrected chi connectivity index (χ4v) is 1.37. The number of aromatic nitrogens is 1. The smallest absolute Gasteiger partial charge is 0.407 e. The van der Waals surface area contributed by atoms with Gasteiger partial charge in [-0.1, -0.05) is 6.07 Å². The average Bonchev–Trinajstić information content (AvgIpc) is 2.39. The molecule has 1 aromatic rings. The van der Waals surface area contributed by atoms with Crippen LogP contribution in [0.2, 0.25) is 0 Å². The molecule has 1 aromatic heterocycles. The number of carbonyl (C=O) groups is 1. The van der Waals surface area contributed by atoms with Crippen LogP contribution in [0.3, 0.4) is 0 Å². The van der Waals surface area contributed by atoms with Crippen molar-refractivity contribution < 1.29 is 14.6 Å². The van der Waals surface area contributed by atoms with E-state index in [1.54, 1.807) is 12.3 Å². The Labute approximate surface area is 80.9 Å². The van der Waals surface area contributed by atoms with Crippen LogP contribution < -0.4 is 4.74 Å². The van der Waals surface area contributed by atoms with E-state index in [9.17, 15) is 4.79 Å². The van der Waals surface area contributed by atoms with Crippen molar-refractivity contribution in [2.75, 3.05) is 13.2 Å². The Morgan fingerprint density at radius 1 is 1.64 bits per heavy atom. The topological polar surface area (TPSA) is 62.7 Å². The summed E-state index contributed by atoms with van der Waals surface area (Å²) in [5.41, 5.74) is 0.812. The molecule has 1 amide bonds. The molecule has 0 bridgehead atoms. The van der Waals surface area contributed by atoms with Gasteiger partial charge in [-0.3, -0.25) is 0 Å². The molecule has 1 aliphatic rings. The second kappa shape index (κ2) is 3.53. The Hall–Kier alpha value is -1.78. The molecule has 0 spiro atoms. The first kappa shape index (κ1) is 8.80. The lowest BCUT2D eigenvalue weighted by atomic mass is 10.2. The van der Waals surface area contributed by atoms with Gasteiger partial charge in [0.15, 0.2) is 0 Å². The van der Waals surface area contributed by atoms with E-state index >= 15 is 0 Å². The summed E-state index contributed by atoms with van der Waals surface area (Å²) in [7, 11) is 0. The third-order valence-electron chi connectivity index (χ3n) is 2.08. The van der Waals surface area contributed by atoms with Crippen LogP contribution in [0.1, 0.15) is 5.56 Å². The lowest BCUT2D eigenvalue weighted by Gasteiger charge is -2.14. The van der Waals surface area contributed by atoms with Gasteiger partial charge in [0.25, 0.3) is 0 Å². The third-order valence-corrected chi connectivity index (χ3v) is 2.08. The van der Waals surface area contributed by atoms with E-state index in [4.69, 9.17) is 9.84 Å². The molecule has 0 fully saturated rings. The summed E-state index contributed by atoms with van der Waals surface area (Å²) in [6.45, 7) is 1.08. The van der Waals surface area contributed by atoms with Crippen molar-refractivity contribution >= 4 is 6.09 Å². The van der Waals surface area contributed by atoms with Crippen molar-refractivity contribution in [1.82, 2.24) is 9.88 Å². The SMILES string of the molecule is O=C(O)N1CCOc2ncccc2C1. The van der Waals surface area contributed by atoms with Crippen LogP contribution in [0.25, 0.3) is 0 Å². The minimum atomic E-state index is -0.926. The molecule has 2 heterocycles. The van der Waals surface area contributed by atoms with Crippen molar-refractivity contribution in [1.29, 1.82) is 0 Å². The highest BCUT2D eigenvalue weighted by atomic mass is 16.5. The van der Waals surface area contributed by atoms with Crippen LogP contribution in [0.4, 0.5) is 4.79 Å². The van der Waals surface area contributed by atoms with E-state index < -0.39 is 6.09 Å². The molecular weight excluding hydrogens is 184 g/mol. The average molecular weight is 194 g/mol. The van der Waals surface area contributed by atoms with E-state index in [0.29, 0.717) is 25.6 Å². The maximum Gasteiger partial charge on any atom is 0.407 e. The fraction of sp³-hybridized carbons (Fsp3) is 0.333. The number of pyridine rings is 1. The van der Waals surface area contributed by atoms with E-state index in [2.05, 4.69) is 4.98 Å². The highest BCUT2D eigenvalue weighted by molar-refractivity contribution is 5.65. The number of hydrogen-bond donors (Lipinski definition) is 1. The van der Waals surface area contributed by atoms with Gasteiger partial charge in [0.05, 0.1) is 13.1 Å². The molecule has 2 rings (SSSR count). The molecule has 0 saturated heterocycles. The van der Waals surface area contributed by atoms with Gasteiger partial charge in [-0.2, -0.15) is 0 Å². The molecule has 0 saturated carbocycles. The van der Waals surface area contributed by atoms with Gasteiger partial charge in [0, 0.05) is 11.8 Å². The Bertz CT molecular complexity index is 354. The first-order valence-electron chi connectivity index (χ1n) is 4.32. The monoisotopic (exact) mass is 194 g/mol. The summed E-state index contributed by atoms with van der Waals surface area (Å²) in [5, 5.41) is 8.84. The van der Waals surface area contributed by atoms with Crippen molar-refractivity contribution in [2.45, 2.75) is 6.54 Å². The Balaban J connectivity index is 2.26. The van der Waals surface area contributed by atoms with Gasteiger partial charge in [0.2, 0.25) is 5.88 Å². The lowest BCUT2D eigenvalue weighted by molar-refractivity contribution is 0.137. The van der Waals surface area contributed by atoms with Gasteiger partial charge in [-0.05, 0) is 6.07 Å². The predicted octanol–water partition coefficient (Wildman–Crippen LogP) is 0.954. The first-order valence-corrected chi connectivity index (χ1v) is 4.32. The van der Waals surface area contributed by atoms with Crippen LogP contribution in [-0.4, -0.2) is 34.2 Å². The van der Waals surface area contributed by atoms with Gasteiger partial charge in [0.1, 0.15) is 6.61 Å². The Morgan fingerprint density at radius 3 is 3.29 bits per heavy atom. The highest BCUT2D eigenvalue weighted by Crippen LogP contribution is 2.19. The second-order valence-electron chi connectivity index (χ2n) is 3.02.